The van der Waals surface area contributed by atoms with E-state index in [0.717, 1.165) is 0 Å². The minimum absolute atomic E-state index is 0.0427. The Hall–Kier alpha value is -3.14. The molecule has 190 valence electrons. The lowest BCUT2D eigenvalue weighted by molar-refractivity contribution is -0.140. The second kappa shape index (κ2) is 9.72. The predicted molar refractivity (Wildman–Crippen MR) is 133 cm³/mol. The van der Waals surface area contributed by atoms with Crippen molar-refractivity contribution in [2.24, 2.45) is 11.8 Å². The normalized spacial score (nSPS) is 28.2. The molecule has 9 nitrogen and oxygen atoms in total. The summed E-state index contributed by atoms with van der Waals surface area (Å²) in [7, 11) is 0. The van der Waals surface area contributed by atoms with Crippen LogP contribution < -0.4 is 15.4 Å². The number of para-hydroxylation sites is 1. The Bertz CT molecular complexity index is 1170. The van der Waals surface area contributed by atoms with Crippen LogP contribution in [0.5, 0.6) is 5.75 Å². The molecule has 3 heterocycles. The zero-order valence-electron chi connectivity index (χ0n) is 19.8. The van der Waals surface area contributed by atoms with Crippen LogP contribution in [-0.2, 0) is 19.1 Å². The van der Waals surface area contributed by atoms with E-state index in [-0.39, 0.29) is 25.0 Å². The maximum absolute atomic E-state index is 13.6. The van der Waals surface area contributed by atoms with E-state index in [0.29, 0.717) is 41.6 Å². The quantitative estimate of drug-likeness (QED) is 0.499. The molecule has 5 rings (SSSR count). The molecule has 2 unspecified atom stereocenters. The smallest absolute Gasteiger partial charge is 0.250 e. The average molecular weight is 514 g/mol. The summed E-state index contributed by atoms with van der Waals surface area (Å²) in [6.07, 6.45) is 0.533. The van der Waals surface area contributed by atoms with Crippen LogP contribution in [0.15, 0.2) is 48.5 Å². The number of fused-ring (bicyclic) bond motifs is 1. The Morgan fingerprint density at radius 3 is 2.61 bits per heavy atom. The summed E-state index contributed by atoms with van der Waals surface area (Å²) in [6, 6.07) is 12.8. The van der Waals surface area contributed by atoms with Crippen molar-refractivity contribution in [3.05, 3.63) is 53.6 Å². The third-order valence-corrected chi connectivity index (χ3v) is 7.59. The van der Waals surface area contributed by atoms with Crippen LogP contribution in [0, 0.1) is 11.8 Å². The number of ether oxygens (including phenoxy) is 2. The Morgan fingerprint density at radius 1 is 1.17 bits per heavy atom. The third kappa shape index (κ3) is 4.01. The van der Waals surface area contributed by atoms with Gasteiger partial charge in [0.25, 0.3) is 0 Å². The van der Waals surface area contributed by atoms with Crippen molar-refractivity contribution < 1.29 is 29.0 Å². The van der Waals surface area contributed by atoms with Crippen molar-refractivity contribution in [3.63, 3.8) is 0 Å². The van der Waals surface area contributed by atoms with Gasteiger partial charge in [-0.25, -0.2) is 0 Å². The predicted octanol–water partition coefficient (Wildman–Crippen LogP) is 2.68. The number of hydrogen-bond acceptors (Lipinski definition) is 6. The molecule has 2 aromatic rings. The van der Waals surface area contributed by atoms with Crippen LogP contribution >= 0.6 is 11.6 Å². The molecule has 3 saturated heterocycles. The Balaban J connectivity index is 1.41. The van der Waals surface area contributed by atoms with Crippen LogP contribution in [0.1, 0.15) is 19.8 Å². The fraction of sp³-hybridized carbons (Fsp3) is 0.423. The standard InChI is InChI=1S/C26H28ClN3O6/c1-2-35-16-9-7-15(8-10-16)28-23(32)20-19-11-12-26(36-19)21(20)25(34)30(13-14-31)22(26)24(33)29-18-6-4-3-5-17(18)27/h3-10,19-22,31H,2,11-14H2,1H3,(H,28,32)(H,29,33)/t19-,20+,21+,22?,26?/m1/s1. The highest BCUT2D eigenvalue weighted by Gasteiger charge is 2.74. The molecule has 1 spiro atoms. The number of carbonyl (C=O) groups excluding carboxylic acids is 3. The van der Waals surface area contributed by atoms with Gasteiger partial charge in [0.2, 0.25) is 17.7 Å². The summed E-state index contributed by atoms with van der Waals surface area (Å²) < 4.78 is 11.8. The van der Waals surface area contributed by atoms with E-state index in [1.807, 2.05) is 6.92 Å². The van der Waals surface area contributed by atoms with Gasteiger partial charge >= 0.3 is 0 Å². The molecule has 3 aliphatic heterocycles. The molecule has 0 saturated carbocycles. The molecule has 0 radical (unpaired) electrons. The highest BCUT2D eigenvalue weighted by Crippen LogP contribution is 2.58. The van der Waals surface area contributed by atoms with Crippen molar-refractivity contribution in [1.29, 1.82) is 0 Å². The van der Waals surface area contributed by atoms with Crippen molar-refractivity contribution >= 4 is 40.7 Å². The molecular formula is C26H28ClN3O6. The molecule has 3 aliphatic rings. The number of carbonyl (C=O) groups is 3. The number of anilines is 2. The average Bonchev–Trinajstić information content (AvgIpc) is 3.50. The molecule has 10 heteroatoms. The minimum Gasteiger partial charge on any atom is -0.494 e. The molecular weight excluding hydrogens is 486 g/mol. The fourth-order valence-electron chi connectivity index (χ4n) is 5.89. The number of nitrogens with one attached hydrogen (secondary N) is 2. The Labute approximate surface area is 213 Å². The van der Waals surface area contributed by atoms with Gasteiger partial charge in [-0.3, -0.25) is 14.4 Å². The van der Waals surface area contributed by atoms with Crippen molar-refractivity contribution in [2.75, 3.05) is 30.4 Å². The van der Waals surface area contributed by atoms with E-state index in [1.54, 1.807) is 48.5 Å². The number of aliphatic hydroxyl groups excluding tert-OH is 1. The van der Waals surface area contributed by atoms with Crippen molar-refractivity contribution in [2.45, 2.75) is 37.5 Å². The molecule has 0 aliphatic carbocycles. The molecule has 2 aromatic carbocycles. The molecule has 2 bridgehead atoms. The maximum Gasteiger partial charge on any atom is 0.250 e. The van der Waals surface area contributed by atoms with Gasteiger partial charge in [0, 0.05) is 12.2 Å². The van der Waals surface area contributed by atoms with E-state index < -0.39 is 35.5 Å². The maximum atomic E-state index is 13.6. The Kier molecular flexibility index (Phi) is 6.63. The summed E-state index contributed by atoms with van der Waals surface area (Å²) in [5.41, 5.74) is -0.160. The topological polar surface area (TPSA) is 117 Å². The van der Waals surface area contributed by atoms with Crippen LogP contribution in [0.25, 0.3) is 0 Å². The van der Waals surface area contributed by atoms with Crippen molar-refractivity contribution in [3.8, 4) is 5.75 Å². The Morgan fingerprint density at radius 2 is 1.92 bits per heavy atom. The SMILES string of the molecule is CCOc1ccc(NC(=O)[C@@H]2[C@H]3C(=O)N(CCO)C(C(=O)Nc4ccccc4Cl)C34CC[C@H]2O4)cc1. The van der Waals surface area contributed by atoms with E-state index in [9.17, 15) is 19.5 Å². The molecule has 3 amide bonds. The van der Waals surface area contributed by atoms with E-state index >= 15 is 0 Å². The molecule has 0 aromatic heterocycles. The van der Waals surface area contributed by atoms with Crippen LogP contribution in [-0.4, -0.2) is 65.2 Å². The van der Waals surface area contributed by atoms with Gasteiger partial charge in [-0.2, -0.15) is 0 Å². The summed E-state index contributed by atoms with van der Waals surface area (Å²) >= 11 is 6.23. The number of likely N-dealkylation sites (tertiary alicyclic amines) is 1. The number of amides is 3. The number of β-amino-alcohol motifs (C(OH)–C–C–N with tert-alkyl or cyclic N) is 1. The summed E-state index contributed by atoms with van der Waals surface area (Å²) in [5.74, 6) is -2.04. The van der Waals surface area contributed by atoms with Gasteiger partial charge in [-0.1, -0.05) is 23.7 Å². The van der Waals surface area contributed by atoms with E-state index in [1.165, 1.54) is 4.90 Å². The molecule has 3 fully saturated rings. The molecule has 3 N–H and O–H groups in total. The highest BCUT2D eigenvalue weighted by atomic mass is 35.5. The first-order chi connectivity index (χ1) is 17.4. The van der Waals surface area contributed by atoms with E-state index in [2.05, 4.69) is 10.6 Å². The van der Waals surface area contributed by atoms with Crippen LogP contribution in [0.3, 0.4) is 0 Å². The third-order valence-electron chi connectivity index (χ3n) is 7.26. The molecule has 36 heavy (non-hydrogen) atoms. The lowest BCUT2D eigenvalue weighted by Gasteiger charge is -2.33. The number of halogens is 1. The monoisotopic (exact) mass is 513 g/mol. The first kappa shape index (κ1) is 24.5. The van der Waals surface area contributed by atoms with E-state index in [4.69, 9.17) is 21.1 Å². The number of rotatable bonds is 8. The molecule has 5 atom stereocenters. The number of aliphatic hydroxyl groups is 1. The zero-order chi connectivity index (χ0) is 25.4. The summed E-state index contributed by atoms with van der Waals surface area (Å²) in [4.78, 5) is 41.9. The first-order valence-corrected chi connectivity index (χ1v) is 12.5. The number of hydrogen-bond donors (Lipinski definition) is 3. The van der Waals surface area contributed by atoms with Crippen LogP contribution in [0.2, 0.25) is 5.02 Å². The van der Waals surface area contributed by atoms with Crippen LogP contribution in [0.4, 0.5) is 11.4 Å². The summed E-state index contributed by atoms with van der Waals surface area (Å²) in [6.45, 7) is 2.06. The lowest BCUT2D eigenvalue weighted by atomic mass is 9.70. The van der Waals surface area contributed by atoms with Crippen molar-refractivity contribution in [1.82, 2.24) is 4.90 Å². The minimum atomic E-state index is -1.15. The summed E-state index contributed by atoms with van der Waals surface area (Å²) in [5, 5.41) is 15.7. The highest BCUT2D eigenvalue weighted by molar-refractivity contribution is 6.33. The first-order valence-electron chi connectivity index (χ1n) is 12.1. The van der Waals surface area contributed by atoms with Gasteiger partial charge in [-0.15, -0.1) is 0 Å². The number of nitrogens with zero attached hydrogens (tertiary/aromatic N) is 1. The van der Waals surface area contributed by atoms with Gasteiger partial charge in [0.05, 0.1) is 41.9 Å². The largest absolute Gasteiger partial charge is 0.494 e. The van der Waals surface area contributed by atoms with Gasteiger partial charge in [0.15, 0.2) is 0 Å². The van der Waals surface area contributed by atoms with Gasteiger partial charge in [0.1, 0.15) is 17.4 Å². The fourth-order valence-corrected chi connectivity index (χ4v) is 6.08. The zero-order valence-corrected chi connectivity index (χ0v) is 20.5. The second-order valence-electron chi connectivity index (χ2n) is 9.23. The number of benzene rings is 2. The lowest BCUT2D eigenvalue weighted by Crippen LogP contribution is -2.53. The van der Waals surface area contributed by atoms with Gasteiger partial charge in [-0.05, 0) is 56.2 Å². The van der Waals surface area contributed by atoms with Gasteiger partial charge < -0.3 is 30.1 Å². The second-order valence-corrected chi connectivity index (χ2v) is 9.63.